The van der Waals surface area contributed by atoms with Crippen LogP contribution in [0.3, 0.4) is 0 Å². The molecule has 2 aromatic carbocycles. The van der Waals surface area contributed by atoms with Crippen molar-refractivity contribution >= 4 is 17.7 Å². The fourth-order valence-corrected chi connectivity index (χ4v) is 4.59. The molecular weight excluding hydrogens is 462 g/mol. The second kappa shape index (κ2) is 11.9. The number of ether oxygens (including phenoxy) is 3. The molecule has 2 aliphatic heterocycles. The van der Waals surface area contributed by atoms with Gasteiger partial charge in [0.15, 0.2) is 11.5 Å². The Morgan fingerprint density at radius 3 is 2.58 bits per heavy atom. The van der Waals surface area contributed by atoms with E-state index < -0.39 is 6.04 Å². The molecule has 9 nitrogen and oxygen atoms in total. The normalized spacial score (nSPS) is 15.9. The average Bonchev–Trinajstić information content (AvgIpc) is 3.37. The molecule has 2 heterocycles. The lowest BCUT2D eigenvalue weighted by Gasteiger charge is -2.36. The summed E-state index contributed by atoms with van der Waals surface area (Å²) >= 11 is 0. The summed E-state index contributed by atoms with van der Waals surface area (Å²) in [7, 11) is 1.62. The van der Waals surface area contributed by atoms with Crippen molar-refractivity contribution in [2.24, 2.45) is 5.92 Å². The van der Waals surface area contributed by atoms with E-state index in [0.717, 1.165) is 5.56 Å². The molecule has 1 fully saturated rings. The minimum absolute atomic E-state index is 0.0869. The van der Waals surface area contributed by atoms with Crippen LogP contribution >= 0.6 is 0 Å². The number of benzene rings is 2. The van der Waals surface area contributed by atoms with E-state index >= 15 is 0 Å². The molecule has 0 aromatic heterocycles. The zero-order valence-corrected chi connectivity index (χ0v) is 20.7. The van der Waals surface area contributed by atoms with E-state index in [2.05, 4.69) is 10.6 Å². The number of nitrogens with one attached hydrogen (secondary N) is 2. The average molecular weight is 496 g/mol. The fourth-order valence-electron chi connectivity index (χ4n) is 4.59. The molecule has 0 spiro atoms. The van der Waals surface area contributed by atoms with E-state index in [0.29, 0.717) is 68.1 Å². The predicted octanol–water partition coefficient (Wildman–Crippen LogP) is 2.53. The molecule has 1 atom stereocenters. The number of hydrogen-bond donors (Lipinski definition) is 2. The van der Waals surface area contributed by atoms with Crippen molar-refractivity contribution in [3.8, 4) is 11.5 Å². The summed E-state index contributed by atoms with van der Waals surface area (Å²) in [4.78, 5) is 41.0. The highest BCUT2D eigenvalue weighted by molar-refractivity contribution is 5.98. The molecule has 3 amide bonds. The van der Waals surface area contributed by atoms with Gasteiger partial charge in [0.1, 0.15) is 6.04 Å². The summed E-state index contributed by atoms with van der Waals surface area (Å²) in [6, 6.07) is 11.8. The van der Waals surface area contributed by atoms with Gasteiger partial charge in [-0.05, 0) is 62.4 Å². The minimum atomic E-state index is -0.691. The van der Waals surface area contributed by atoms with Gasteiger partial charge in [-0.2, -0.15) is 0 Å². The van der Waals surface area contributed by atoms with Crippen molar-refractivity contribution in [1.29, 1.82) is 0 Å². The van der Waals surface area contributed by atoms with E-state index in [4.69, 9.17) is 14.2 Å². The lowest BCUT2D eigenvalue weighted by atomic mass is 9.88. The summed E-state index contributed by atoms with van der Waals surface area (Å²) < 4.78 is 15.8. The number of methoxy groups -OCH3 is 1. The summed E-state index contributed by atoms with van der Waals surface area (Å²) in [6.45, 7) is 4.06. The molecule has 192 valence electrons. The monoisotopic (exact) mass is 495 g/mol. The van der Waals surface area contributed by atoms with Crippen molar-refractivity contribution in [3.63, 3.8) is 0 Å². The number of piperidine rings is 1. The van der Waals surface area contributed by atoms with Crippen molar-refractivity contribution in [2.75, 3.05) is 40.1 Å². The first kappa shape index (κ1) is 25.5. The Labute approximate surface area is 211 Å². The smallest absolute Gasteiger partial charge is 0.253 e. The van der Waals surface area contributed by atoms with Gasteiger partial charge >= 0.3 is 0 Å². The van der Waals surface area contributed by atoms with E-state index in [1.807, 2.05) is 19.1 Å². The molecule has 2 aromatic rings. The molecule has 36 heavy (non-hydrogen) atoms. The Morgan fingerprint density at radius 1 is 1.06 bits per heavy atom. The number of fused-ring (bicyclic) bond motifs is 1. The van der Waals surface area contributed by atoms with Gasteiger partial charge in [-0.3, -0.25) is 14.4 Å². The van der Waals surface area contributed by atoms with Crippen LogP contribution in [0.4, 0.5) is 0 Å². The third kappa shape index (κ3) is 6.15. The molecule has 2 aliphatic rings. The Morgan fingerprint density at radius 2 is 1.83 bits per heavy atom. The Hall–Kier alpha value is -3.59. The van der Waals surface area contributed by atoms with E-state index in [9.17, 15) is 14.4 Å². The van der Waals surface area contributed by atoms with Crippen LogP contribution in [0, 0.1) is 12.8 Å². The summed E-state index contributed by atoms with van der Waals surface area (Å²) in [5, 5.41) is 5.89. The molecule has 4 rings (SSSR count). The number of amides is 3. The van der Waals surface area contributed by atoms with Crippen LogP contribution in [-0.4, -0.2) is 68.8 Å². The first-order valence-corrected chi connectivity index (χ1v) is 12.3. The molecule has 0 saturated carbocycles. The topological polar surface area (TPSA) is 106 Å². The van der Waals surface area contributed by atoms with Crippen molar-refractivity contribution in [3.05, 3.63) is 59.2 Å². The van der Waals surface area contributed by atoms with Gasteiger partial charge in [0.25, 0.3) is 11.8 Å². The molecule has 0 radical (unpaired) electrons. The largest absolute Gasteiger partial charge is 0.454 e. The molecule has 0 bridgehead atoms. The Balaban J connectivity index is 1.41. The van der Waals surface area contributed by atoms with Gasteiger partial charge in [-0.25, -0.2) is 0 Å². The van der Waals surface area contributed by atoms with Gasteiger partial charge in [0.05, 0.1) is 0 Å². The number of nitrogens with zero attached hydrogens (tertiary/aromatic N) is 1. The lowest BCUT2D eigenvalue weighted by molar-refractivity contribution is -0.124. The standard InChI is InChI=1S/C27H33N3O6/c1-18-5-3-6-20(15-18)25(31)29-24(26(32)28-11-4-14-34-2)19-9-12-30(13-10-19)27(33)21-7-8-22-23(16-21)36-17-35-22/h3,5-8,15-16,19,24H,4,9-14,17H2,1-2H3,(H,28,32)(H,29,31)/t24-/m0/s1. The number of hydrogen-bond acceptors (Lipinski definition) is 6. The second-order valence-corrected chi connectivity index (χ2v) is 9.16. The van der Waals surface area contributed by atoms with Crippen LogP contribution in [0.5, 0.6) is 11.5 Å². The maximum Gasteiger partial charge on any atom is 0.253 e. The maximum atomic E-state index is 13.1. The number of likely N-dealkylation sites (tertiary alicyclic amines) is 1. The summed E-state index contributed by atoms with van der Waals surface area (Å²) in [5.74, 6) is 0.522. The highest BCUT2D eigenvalue weighted by Crippen LogP contribution is 2.33. The van der Waals surface area contributed by atoms with Gasteiger partial charge in [0.2, 0.25) is 12.7 Å². The number of carbonyl (C=O) groups is 3. The van der Waals surface area contributed by atoms with E-state index in [1.165, 1.54) is 0 Å². The van der Waals surface area contributed by atoms with E-state index in [-0.39, 0.29) is 30.4 Å². The second-order valence-electron chi connectivity index (χ2n) is 9.16. The lowest BCUT2D eigenvalue weighted by Crippen LogP contribution is -2.54. The van der Waals surface area contributed by atoms with Crippen LogP contribution in [0.15, 0.2) is 42.5 Å². The van der Waals surface area contributed by atoms with Crippen LogP contribution < -0.4 is 20.1 Å². The highest BCUT2D eigenvalue weighted by Gasteiger charge is 2.34. The van der Waals surface area contributed by atoms with Crippen LogP contribution in [-0.2, 0) is 9.53 Å². The Bertz CT molecular complexity index is 1100. The summed E-state index contributed by atoms with van der Waals surface area (Å²) in [5.41, 5.74) is 2.03. The van der Waals surface area contributed by atoms with Gasteiger partial charge in [-0.15, -0.1) is 0 Å². The van der Waals surface area contributed by atoms with Crippen molar-refractivity contribution in [1.82, 2.24) is 15.5 Å². The molecule has 9 heteroatoms. The van der Waals surface area contributed by atoms with Crippen LogP contribution in [0.25, 0.3) is 0 Å². The van der Waals surface area contributed by atoms with Gasteiger partial charge in [0, 0.05) is 44.5 Å². The van der Waals surface area contributed by atoms with E-state index in [1.54, 1.807) is 42.3 Å². The number of aryl methyl sites for hydroxylation is 1. The number of carbonyl (C=O) groups excluding carboxylic acids is 3. The zero-order valence-electron chi connectivity index (χ0n) is 20.7. The predicted molar refractivity (Wildman–Crippen MR) is 133 cm³/mol. The van der Waals surface area contributed by atoms with Crippen LogP contribution in [0.1, 0.15) is 45.5 Å². The third-order valence-electron chi connectivity index (χ3n) is 6.59. The number of rotatable bonds is 9. The fraction of sp³-hybridized carbons (Fsp3) is 0.444. The Kier molecular flexibility index (Phi) is 8.43. The molecule has 0 unspecified atom stereocenters. The van der Waals surface area contributed by atoms with Crippen molar-refractivity contribution < 1.29 is 28.6 Å². The third-order valence-corrected chi connectivity index (χ3v) is 6.59. The molecule has 2 N–H and O–H groups in total. The minimum Gasteiger partial charge on any atom is -0.454 e. The quantitative estimate of drug-likeness (QED) is 0.518. The summed E-state index contributed by atoms with van der Waals surface area (Å²) in [6.07, 6.45) is 1.88. The van der Waals surface area contributed by atoms with Gasteiger partial charge < -0.3 is 29.7 Å². The van der Waals surface area contributed by atoms with Crippen LogP contribution in [0.2, 0.25) is 0 Å². The first-order valence-electron chi connectivity index (χ1n) is 12.3. The first-order chi connectivity index (χ1) is 17.5. The molecule has 1 saturated heterocycles. The van der Waals surface area contributed by atoms with Crippen molar-refractivity contribution in [2.45, 2.75) is 32.2 Å². The zero-order chi connectivity index (χ0) is 25.5. The SMILES string of the molecule is COCCCNC(=O)[C@@H](NC(=O)c1cccc(C)c1)C1CCN(C(=O)c2ccc3c(c2)OCO3)CC1. The highest BCUT2D eigenvalue weighted by atomic mass is 16.7. The molecular formula is C27H33N3O6. The maximum absolute atomic E-state index is 13.1. The van der Waals surface area contributed by atoms with Gasteiger partial charge in [-0.1, -0.05) is 17.7 Å². The molecule has 0 aliphatic carbocycles.